The molecule has 0 atom stereocenters. The maximum absolute atomic E-state index is 11.7. The molecule has 1 aromatic rings. The van der Waals surface area contributed by atoms with Crippen LogP contribution >= 0.6 is 0 Å². The molecule has 1 aromatic carbocycles. The molecule has 0 bridgehead atoms. The second-order valence-electron chi connectivity index (χ2n) is 4.16. The van der Waals surface area contributed by atoms with E-state index in [1.807, 2.05) is 25.1 Å². The van der Waals surface area contributed by atoms with Crippen molar-refractivity contribution in [3.63, 3.8) is 0 Å². The normalized spacial score (nSPS) is 11.8. The molecule has 1 N–H and O–H groups in total. The van der Waals surface area contributed by atoms with Crippen molar-refractivity contribution in [2.75, 3.05) is 26.3 Å². The number of halogens is 3. The molecule has 0 saturated carbocycles. The van der Waals surface area contributed by atoms with Gasteiger partial charge in [0.05, 0.1) is 6.61 Å². The predicted octanol–water partition coefficient (Wildman–Crippen LogP) is 2.71. The summed E-state index contributed by atoms with van der Waals surface area (Å²) < 4.78 is 39.7. The zero-order valence-corrected chi connectivity index (χ0v) is 10.4. The Morgan fingerprint density at radius 2 is 2.00 bits per heavy atom. The van der Waals surface area contributed by atoms with Crippen LogP contribution in [0.4, 0.5) is 13.2 Å². The average molecular weight is 261 g/mol. The Kier molecular flexibility index (Phi) is 6.15. The van der Waals surface area contributed by atoms with Gasteiger partial charge in [-0.2, -0.15) is 13.2 Å². The Balaban J connectivity index is 2.02. The molecule has 1 rings (SSSR count). The van der Waals surface area contributed by atoms with Crippen LogP contribution in [-0.2, 0) is 11.2 Å². The minimum atomic E-state index is -4.23. The molecule has 0 aliphatic carbocycles. The van der Waals surface area contributed by atoms with E-state index in [0.717, 1.165) is 13.0 Å². The molecule has 2 nitrogen and oxygen atoms in total. The van der Waals surface area contributed by atoms with Crippen LogP contribution in [0.15, 0.2) is 24.3 Å². The molecular weight excluding hydrogens is 243 g/mol. The molecular formula is C13H18F3NO. The first-order valence-corrected chi connectivity index (χ1v) is 5.88. The Bertz CT molecular complexity index is 352. The molecule has 0 spiro atoms. The molecule has 0 fully saturated rings. The summed E-state index contributed by atoms with van der Waals surface area (Å²) in [6.45, 7) is 2.10. The lowest BCUT2D eigenvalue weighted by molar-refractivity contribution is -0.173. The first-order chi connectivity index (χ1) is 8.47. The molecule has 0 heterocycles. The van der Waals surface area contributed by atoms with Crippen LogP contribution in [0.2, 0.25) is 0 Å². The Morgan fingerprint density at radius 3 is 2.67 bits per heavy atom. The third-order valence-electron chi connectivity index (χ3n) is 2.36. The van der Waals surface area contributed by atoms with E-state index >= 15 is 0 Å². The van der Waals surface area contributed by atoms with Gasteiger partial charge in [-0.3, -0.25) is 0 Å². The van der Waals surface area contributed by atoms with E-state index in [1.54, 1.807) is 0 Å². The van der Waals surface area contributed by atoms with Crippen LogP contribution in [0.25, 0.3) is 0 Å². The van der Waals surface area contributed by atoms with Gasteiger partial charge < -0.3 is 10.1 Å². The Morgan fingerprint density at radius 1 is 1.22 bits per heavy atom. The highest BCUT2D eigenvalue weighted by atomic mass is 19.4. The number of ether oxygens (including phenoxy) is 1. The predicted molar refractivity (Wildman–Crippen MR) is 64.6 cm³/mol. The fourth-order valence-corrected chi connectivity index (χ4v) is 1.56. The number of benzene rings is 1. The minimum Gasteiger partial charge on any atom is -0.371 e. The smallest absolute Gasteiger partial charge is 0.371 e. The number of aryl methyl sites for hydroxylation is 1. The van der Waals surface area contributed by atoms with E-state index in [2.05, 4.69) is 16.1 Å². The number of hydrogen-bond donors (Lipinski definition) is 1. The quantitative estimate of drug-likeness (QED) is 0.762. The van der Waals surface area contributed by atoms with E-state index in [9.17, 15) is 13.2 Å². The van der Waals surface area contributed by atoms with Crippen LogP contribution in [-0.4, -0.2) is 32.5 Å². The zero-order valence-electron chi connectivity index (χ0n) is 10.4. The summed E-state index contributed by atoms with van der Waals surface area (Å²) in [6, 6.07) is 8.16. The highest BCUT2D eigenvalue weighted by molar-refractivity contribution is 5.22. The molecule has 5 heteroatoms. The van der Waals surface area contributed by atoms with Gasteiger partial charge in [0.25, 0.3) is 0 Å². The lowest BCUT2D eigenvalue weighted by atomic mass is 10.1. The molecule has 0 unspecified atom stereocenters. The first kappa shape index (κ1) is 15.0. The van der Waals surface area contributed by atoms with Crippen molar-refractivity contribution in [3.05, 3.63) is 35.4 Å². The van der Waals surface area contributed by atoms with Crippen molar-refractivity contribution in [1.29, 1.82) is 0 Å². The third kappa shape index (κ3) is 7.29. The molecule has 0 aliphatic rings. The number of alkyl halides is 3. The summed E-state index contributed by atoms with van der Waals surface area (Å²) in [5.74, 6) is 0. The van der Waals surface area contributed by atoms with Crippen LogP contribution in [0.1, 0.15) is 11.1 Å². The van der Waals surface area contributed by atoms with Gasteiger partial charge in [-0.1, -0.05) is 29.8 Å². The van der Waals surface area contributed by atoms with Crippen molar-refractivity contribution in [1.82, 2.24) is 5.32 Å². The van der Waals surface area contributed by atoms with Gasteiger partial charge in [-0.25, -0.2) is 0 Å². The lowest BCUT2D eigenvalue weighted by Gasteiger charge is -2.08. The number of hydrogen-bond acceptors (Lipinski definition) is 2. The van der Waals surface area contributed by atoms with Crippen LogP contribution < -0.4 is 5.32 Å². The molecule has 0 aromatic heterocycles. The van der Waals surface area contributed by atoms with Crippen LogP contribution in [0.3, 0.4) is 0 Å². The highest BCUT2D eigenvalue weighted by Gasteiger charge is 2.27. The van der Waals surface area contributed by atoms with E-state index in [4.69, 9.17) is 0 Å². The fourth-order valence-electron chi connectivity index (χ4n) is 1.56. The van der Waals surface area contributed by atoms with Gasteiger partial charge >= 0.3 is 6.18 Å². The molecule has 0 aliphatic heterocycles. The molecule has 0 saturated heterocycles. The zero-order chi connectivity index (χ0) is 13.4. The second kappa shape index (κ2) is 7.38. The van der Waals surface area contributed by atoms with Crippen molar-refractivity contribution >= 4 is 0 Å². The lowest BCUT2D eigenvalue weighted by Crippen LogP contribution is -2.25. The van der Waals surface area contributed by atoms with Crippen molar-refractivity contribution in [3.8, 4) is 0 Å². The van der Waals surface area contributed by atoms with Gasteiger partial charge in [-0.15, -0.1) is 0 Å². The van der Waals surface area contributed by atoms with Gasteiger partial charge in [0.1, 0.15) is 6.61 Å². The fraction of sp³-hybridized carbons (Fsp3) is 0.538. The second-order valence-corrected chi connectivity index (χ2v) is 4.16. The summed E-state index contributed by atoms with van der Waals surface area (Å²) >= 11 is 0. The van der Waals surface area contributed by atoms with Gasteiger partial charge in [0, 0.05) is 6.54 Å². The highest BCUT2D eigenvalue weighted by Crippen LogP contribution is 2.13. The summed E-state index contributed by atoms with van der Waals surface area (Å²) in [4.78, 5) is 0. The van der Waals surface area contributed by atoms with Gasteiger partial charge in [0.2, 0.25) is 0 Å². The standard InChI is InChI=1S/C13H18F3NO/c1-11-3-2-4-12(9-11)5-6-17-7-8-18-10-13(14,15)16/h2-4,9,17H,5-8,10H2,1H3. The average Bonchev–Trinajstić information content (AvgIpc) is 2.26. The maximum Gasteiger partial charge on any atom is 0.411 e. The summed E-state index contributed by atoms with van der Waals surface area (Å²) in [5, 5.41) is 3.05. The molecule has 18 heavy (non-hydrogen) atoms. The minimum absolute atomic E-state index is 0.0767. The van der Waals surface area contributed by atoms with Crippen molar-refractivity contribution in [2.45, 2.75) is 19.5 Å². The first-order valence-electron chi connectivity index (χ1n) is 5.88. The van der Waals surface area contributed by atoms with E-state index in [0.29, 0.717) is 6.54 Å². The van der Waals surface area contributed by atoms with E-state index < -0.39 is 12.8 Å². The summed E-state index contributed by atoms with van der Waals surface area (Å²) in [6.07, 6.45) is -3.37. The maximum atomic E-state index is 11.7. The van der Waals surface area contributed by atoms with Crippen LogP contribution in [0.5, 0.6) is 0 Å². The summed E-state index contributed by atoms with van der Waals surface area (Å²) in [7, 11) is 0. The Hall–Kier alpha value is -1.07. The number of nitrogens with one attached hydrogen (secondary N) is 1. The largest absolute Gasteiger partial charge is 0.411 e. The topological polar surface area (TPSA) is 21.3 Å². The molecule has 0 radical (unpaired) electrons. The number of rotatable bonds is 7. The third-order valence-corrected chi connectivity index (χ3v) is 2.36. The van der Waals surface area contributed by atoms with Crippen molar-refractivity contribution < 1.29 is 17.9 Å². The van der Waals surface area contributed by atoms with Crippen LogP contribution in [0, 0.1) is 6.92 Å². The molecule has 0 amide bonds. The molecule has 102 valence electrons. The van der Waals surface area contributed by atoms with E-state index in [1.165, 1.54) is 11.1 Å². The van der Waals surface area contributed by atoms with E-state index in [-0.39, 0.29) is 6.61 Å². The van der Waals surface area contributed by atoms with Gasteiger partial charge in [0.15, 0.2) is 0 Å². The Labute approximate surface area is 105 Å². The summed E-state index contributed by atoms with van der Waals surface area (Å²) in [5.41, 5.74) is 2.43. The van der Waals surface area contributed by atoms with Gasteiger partial charge in [-0.05, 0) is 25.5 Å². The monoisotopic (exact) mass is 261 g/mol. The SMILES string of the molecule is Cc1cccc(CCNCCOCC(F)(F)F)c1. The van der Waals surface area contributed by atoms with Crippen molar-refractivity contribution in [2.24, 2.45) is 0 Å².